The van der Waals surface area contributed by atoms with Crippen molar-refractivity contribution in [2.45, 2.75) is 25.8 Å². The summed E-state index contributed by atoms with van der Waals surface area (Å²) in [4.78, 5) is 38.5. The highest BCUT2D eigenvalue weighted by atomic mass is 35.5. The number of fused-ring (bicyclic) bond motifs is 1. The maximum absolute atomic E-state index is 14.1. The van der Waals surface area contributed by atoms with Crippen molar-refractivity contribution in [2.24, 2.45) is 0 Å². The number of nitrogens with one attached hydrogen (secondary N) is 2. The van der Waals surface area contributed by atoms with Crippen LogP contribution in [0.15, 0.2) is 47.3 Å². The molecule has 0 saturated heterocycles. The first-order valence-electron chi connectivity index (χ1n) is 8.73. The number of amides is 1. The summed E-state index contributed by atoms with van der Waals surface area (Å²) < 4.78 is 14.1. The van der Waals surface area contributed by atoms with Gasteiger partial charge >= 0.3 is 5.97 Å². The third-order valence-corrected chi connectivity index (χ3v) is 5.00. The van der Waals surface area contributed by atoms with E-state index in [1.807, 2.05) is 0 Å². The number of carbonyl (C=O) groups is 2. The van der Waals surface area contributed by atoms with Crippen molar-refractivity contribution in [3.63, 3.8) is 0 Å². The Morgan fingerprint density at radius 3 is 2.55 bits per heavy atom. The van der Waals surface area contributed by atoms with E-state index in [1.165, 1.54) is 18.2 Å². The monoisotopic (exact) mass is 416 g/mol. The van der Waals surface area contributed by atoms with Gasteiger partial charge in [0.25, 0.3) is 5.56 Å². The van der Waals surface area contributed by atoms with Gasteiger partial charge < -0.3 is 15.4 Å². The summed E-state index contributed by atoms with van der Waals surface area (Å²) >= 11 is 6.12. The van der Waals surface area contributed by atoms with Crippen LogP contribution in [0.1, 0.15) is 35.3 Å². The number of carbonyl (C=O) groups excluding carboxylic acids is 1. The molecule has 0 aliphatic carbocycles. The lowest BCUT2D eigenvalue weighted by molar-refractivity contribution is -0.125. The molecule has 8 heteroatoms. The maximum Gasteiger partial charge on any atom is 0.341 e. The van der Waals surface area contributed by atoms with Crippen molar-refractivity contribution < 1.29 is 19.1 Å². The first kappa shape index (κ1) is 20.5. The number of hydrogen-bond donors (Lipinski definition) is 3. The summed E-state index contributed by atoms with van der Waals surface area (Å²) in [5.41, 5.74) is -1.17. The maximum atomic E-state index is 14.1. The number of benzene rings is 2. The number of hydrogen-bond acceptors (Lipinski definition) is 3. The minimum atomic E-state index is -1.35. The minimum absolute atomic E-state index is 0.0101. The first-order valence-corrected chi connectivity index (χ1v) is 9.11. The lowest BCUT2D eigenvalue weighted by Crippen LogP contribution is -2.40. The van der Waals surface area contributed by atoms with Crippen LogP contribution in [0.2, 0.25) is 5.02 Å². The third-order valence-electron chi connectivity index (χ3n) is 4.78. The number of aromatic amines is 1. The van der Waals surface area contributed by atoms with Gasteiger partial charge in [-0.3, -0.25) is 9.59 Å². The van der Waals surface area contributed by atoms with Crippen LogP contribution in [0.3, 0.4) is 0 Å². The van der Waals surface area contributed by atoms with E-state index in [2.05, 4.69) is 10.3 Å². The van der Waals surface area contributed by atoms with E-state index in [0.717, 1.165) is 0 Å². The Hall–Kier alpha value is -3.19. The molecule has 3 aromatic rings. The summed E-state index contributed by atoms with van der Waals surface area (Å²) in [5, 5.41) is 12.6. The zero-order valence-electron chi connectivity index (χ0n) is 15.7. The van der Waals surface area contributed by atoms with Gasteiger partial charge in [0.15, 0.2) is 0 Å². The molecule has 0 saturated carbocycles. The molecule has 0 radical (unpaired) electrons. The van der Waals surface area contributed by atoms with Crippen molar-refractivity contribution in [3.8, 4) is 0 Å². The van der Waals surface area contributed by atoms with Gasteiger partial charge in [-0.2, -0.15) is 0 Å². The number of aromatic nitrogens is 1. The molecule has 0 aliphatic heterocycles. The standard InChI is InChI=1S/C21H18ClFN2O4/c1-21(2,15-5-3-4-6-16(15)23)20(29)24-10-12-8-13(22)7-11-9-14(19(27)28)18(26)25-17(11)12/h3-9H,10H2,1-2H3,(H,24,29)(H,25,26)(H,27,28). The molecule has 29 heavy (non-hydrogen) atoms. The molecule has 1 amide bonds. The Bertz CT molecular complexity index is 1190. The van der Waals surface area contributed by atoms with Gasteiger partial charge in [0.1, 0.15) is 11.4 Å². The molecule has 3 N–H and O–H groups in total. The van der Waals surface area contributed by atoms with Gasteiger partial charge in [0, 0.05) is 22.5 Å². The summed E-state index contributed by atoms with van der Waals surface area (Å²) in [6.07, 6.45) is 0. The molecule has 3 rings (SSSR count). The van der Waals surface area contributed by atoms with E-state index < -0.39 is 34.2 Å². The van der Waals surface area contributed by atoms with Crippen LogP contribution in [-0.4, -0.2) is 22.0 Å². The highest BCUT2D eigenvalue weighted by molar-refractivity contribution is 6.31. The molecule has 0 unspecified atom stereocenters. The number of pyridine rings is 1. The van der Waals surface area contributed by atoms with E-state index in [9.17, 15) is 18.8 Å². The molecular formula is C21H18ClFN2O4. The Morgan fingerprint density at radius 2 is 1.90 bits per heavy atom. The van der Waals surface area contributed by atoms with E-state index in [4.69, 9.17) is 16.7 Å². The van der Waals surface area contributed by atoms with Crippen LogP contribution >= 0.6 is 11.6 Å². The second-order valence-corrected chi connectivity index (χ2v) is 7.57. The third kappa shape index (κ3) is 4.00. The average Bonchev–Trinajstić information content (AvgIpc) is 2.65. The smallest absolute Gasteiger partial charge is 0.341 e. The highest BCUT2D eigenvalue weighted by Crippen LogP contribution is 2.27. The minimum Gasteiger partial charge on any atom is -0.477 e. The number of aromatic carboxylic acids is 1. The Morgan fingerprint density at radius 1 is 1.21 bits per heavy atom. The highest BCUT2D eigenvalue weighted by Gasteiger charge is 2.32. The second kappa shape index (κ2) is 7.67. The molecule has 2 aromatic carbocycles. The van der Waals surface area contributed by atoms with E-state index in [1.54, 1.807) is 38.1 Å². The number of carboxylic acids is 1. The predicted octanol–water partition coefficient (Wildman–Crippen LogP) is 3.61. The number of halogens is 2. The van der Waals surface area contributed by atoms with Crippen molar-refractivity contribution in [3.05, 3.63) is 80.3 Å². The van der Waals surface area contributed by atoms with Crippen molar-refractivity contribution in [2.75, 3.05) is 0 Å². The van der Waals surface area contributed by atoms with Crippen LogP contribution < -0.4 is 10.9 Å². The average molecular weight is 417 g/mol. The molecule has 0 atom stereocenters. The molecule has 0 bridgehead atoms. The fraction of sp³-hybridized carbons (Fsp3) is 0.190. The van der Waals surface area contributed by atoms with Crippen molar-refractivity contribution in [1.82, 2.24) is 10.3 Å². The molecule has 6 nitrogen and oxygen atoms in total. The summed E-state index contributed by atoms with van der Waals surface area (Å²) in [5.74, 6) is -2.25. The van der Waals surface area contributed by atoms with Crippen LogP contribution in [-0.2, 0) is 16.8 Å². The number of carboxylic acid groups (broad SMARTS) is 1. The van der Waals surface area contributed by atoms with Crippen molar-refractivity contribution in [1.29, 1.82) is 0 Å². The quantitative estimate of drug-likeness (QED) is 0.591. The molecule has 0 aliphatic rings. The van der Waals surface area contributed by atoms with Crippen LogP contribution in [0, 0.1) is 5.82 Å². The Labute approximate surface area is 170 Å². The summed E-state index contributed by atoms with van der Waals surface area (Å²) in [6, 6.07) is 10.4. The number of H-pyrrole nitrogens is 1. The van der Waals surface area contributed by atoms with E-state index in [0.29, 0.717) is 21.5 Å². The van der Waals surface area contributed by atoms with Crippen LogP contribution in [0.4, 0.5) is 4.39 Å². The Balaban J connectivity index is 1.93. The summed E-state index contributed by atoms with van der Waals surface area (Å²) in [6.45, 7) is 3.23. The van der Waals surface area contributed by atoms with Crippen LogP contribution in [0.5, 0.6) is 0 Å². The van der Waals surface area contributed by atoms with Crippen LogP contribution in [0.25, 0.3) is 10.9 Å². The van der Waals surface area contributed by atoms with Gasteiger partial charge in [-0.25, -0.2) is 9.18 Å². The lowest BCUT2D eigenvalue weighted by Gasteiger charge is -2.25. The molecule has 1 aromatic heterocycles. The first-order chi connectivity index (χ1) is 13.6. The normalized spacial score (nSPS) is 11.4. The molecule has 1 heterocycles. The molecule has 0 fully saturated rings. The SMILES string of the molecule is CC(C)(C(=O)NCc1cc(Cl)cc2cc(C(=O)O)c(=O)[nH]c12)c1ccccc1F. The van der Waals surface area contributed by atoms with Gasteiger partial charge in [-0.15, -0.1) is 0 Å². The fourth-order valence-corrected chi connectivity index (χ4v) is 3.39. The molecule has 150 valence electrons. The Kier molecular flexibility index (Phi) is 5.44. The second-order valence-electron chi connectivity index (χ2n) is 7.13. The zero-order chi connectivity index (χ0) is 21.3. The van der Waals surface area contributed by atoms with Gasteiger partial charge in [-0.05, 0) is 43.7 Å². The van der Waals surface area contributed by atoms with E-state index in [-0.39, 0.29) is 12.1 Å². The largest absolute Gasteiger partial charge is 0.477 e. The topological polar surface area (TPSA) is 99.3 Å². The predicted molar refractivity (Wildman–Crippen MR) is 108 cm³/mol. The lowest BCUT2D eigenvalue weighted by atomic mass is 9.83. The van der Waals surface area contributed by atoms with Crippen molar-refractivity contribution >= 4 is 34.4 Å². The zero-order valence-corrected chi connectivity index (χ0v) is 16.4. The molecular weight excluding hydrogens is 399 g/mol. The summed E-state index contributed by atoms with van der Waals surface area (Å²) in [7, 11) is 0. The van der Waals surface area contributed by atoms with Gasteiger partial charge in [-0.1, -0.05) is 29.8 Å². The molecule has 0 spiro atoms. The van der Waals surface area contributed by atoms with Gasteiger partial charge in [0.2, 0.25) is 5.91 Å². The van der Waals surface area contributed by atoms with Gasteiger partial charge in [0.05, 0.1) is 10.9 Å². The fourth-order valence-electron chi connectivity index (χ4n) is 3.14. The van der Waals surface area contributed by atoms with E-state index >= 15 is 0 Å². The number of rotatable bonds is 5.